The van der Waals surface area contributed by atoms with E-state index in [1.54, 1.807) is 12.1 Å². The number of hydrogen-bond donors (Lipinski definition) is 5. The maximum absolute atomic E-state index is 13.2. The summed E-state index contributed by atoms with van der Waals surface area (Å²) in [5.74, 6) is -5.35. The molecule has 2 aromatic carbocycles. The van der Waals surface area contributed by atoms with Crippen LogP contribution in [0.5, 0.6) is 5.75 Å². The number of nitrogens with zero attached hydrogens (tertiary/aromatic N) is 1. The van der Waals surface area contributed by atoms with Crippen LogP contribution >= 0.6 is 0 Å². The standard InChI is InChI=1S/C33H35NO13/c1-16(28(38)39)44-31(42)26(17-6-4-3-5-7-17)47-30(41)24(37)23(36)29(40)45-20-10-11-33(43)21-14-18-8-9-19(15-35)25-22(18)32(33,27(20)46-25)12-13-34(21)2/h3-10,16,21,23-24,26-27,35-37,43H,11-15H2,1-2H3,(H,38,39)/t16-,21+,23+,24+,26-,27-,32-,33+/m0/s1. The van der Waals surface area contributed by atoms with Gasteiger partial charge < -0.3 is 49.4 Å². The van der Waals surface area contributed by atoms with Gasteiger partial charge in [0.1, 0.15) is 11.5 Å². The molecule has 0 aromatic heterocycles. The average molecular weight is 654 g/mol. The molecule has 14 heteroatoms. The SMILES string of the molecule is C[C@H](OC(=O)[C@@H](OC(=O)[C@H](O)[C@@H](O)C(=O)OC1=CC[C@@]2(O)[C@H]3Cc4ccc(CO)c5c4[C@@]2(CCN3C)[C@H]1O5)c1ccccc1)C(=O)O. The highest BCUT2D eigenvalue weighted by Gasteiger charge is 2.72. The van der Waals surface area contributed by atoms with Gasteiger partial charge in [0.15, 0.2) is 24.4 Å². The van der Waals surface area contributed by atoms with Crippen LogP contribution in [-0.4, -0.2) is 104 Å². The highest BCUT2D eigenvalue weighted by Crippen LogP contribution is 2.64. The number of carboxylic acid groups (broad SMARTS) is 1. The molecule has 1 fully saturated rings. The van der Waals surface area contributed by atoms with Crippen molar-refractivity contribution < 1.29 is 63.7 Å². The highest BCUT2D eigenvalue weighted by atomic mass is 16.6. The van der Waals surface area contributed by atoms with E-state index < -0.39 is 65.4 Å². The quantitative estimate of drug-likeness (QED) is 0.169. The Morgan fingerprint density at radius 2 is 1.72 bits per heavy atom. The van der Waals surface area contributed by atoms with Crippen molar-refractivity contribution in [3.8, 4) is 5.75 Å². The molecule has 0 unspecified atom stereocenters. The van der Waals surface area contributed by atoms with Crippen LogP contribution in [0, 0.1) is 0 Å². The van der Waals surface area contributed by atoms with E-state index in [2.05, 4.69) is 4.90 Å². The van der Waals surface area contributed by atoms with Crippen molar-refractivity contribution in [2.45, 2.75) is 80.4 Å². The van der Waals surface area contributed by atoms with Gasteiger partial charge in [-0.3, -0.25) is 0 Å². The number of benzene rings is 2. The average Bonchev–Trinajstić information content (AvgIpc) is 3.42. The lowest BCUT2D eigenvalue weighted by molar-refractivity contribution is -0.186. The van der Waals surface area contributed by atoms with Crippen LogP contribution in [0.3, 0.4) is 0 Å². The number of aliphatic hydroxyl groups excluding tert-OH is 3. The van der Waals surface area contributed by atoms with Gasteiger partial charge in [-0.25, -0.2) is 19.2 Å². The number of ether oxygens (including phenoxy) is 4. The highest BCUT2D eigenvalue weighted by molar-refractivity contribution is 5.88. The third-order valence-corrected chi connectivity index (χ3v) is 9.82. The minimum Gasteiger partial charge on any atom is -0.481 e. The molecule has 2 heterocycles. The number of carboxylic acids is 1. The molecule has 2 aromatic rings. The zero-order valence-electron chi connectivity index (χ0n) is 25.6. The van der Waals surface area contributed by atoms with Crippen LogP contribution in [0.1, 0.15) is 48.1 Å². The van der Waals surface area contributed by atoms with Crippen LogP contribution < -0.4 is 4.74 Å². The van der Waals surface area contributed by atoms with Crippen molar-refractivity contribution in [1.82, 2.24) is 4.90 Å². The summed E-state index contributed by atoms with van der Waals surface area (Å²) in [6.07, 6.45) is -6.89. The van der Waals surface area contributed by atoms with Crippen LogP contribution in [0.4, 0.5) is 0 Å². The summed E-state index contributed by atoms with van der Waals surface area (Å²) in [6, 6.07) is 10.8. The molecule has 2 aliphatic heterocycles. The Hall–Kier alpha value is -4.34. The van der Waals surface area contributed by atoms with E-state index in [4.69, 9.17) is 24.1 Å². The molecule has 8 atom stereocenters. The number of rotatable bonds is 10. The molecule has 14 nitrogen and oxygen atoms in total. The Balaban J connectivity index is 1.22. The molecule has 0 radical (unpaired) electrons. The maximum Gasteiger partial charge on any atom is 0.353 e. The molecule has 1 saturated heterocycles. The summed E-state index contributed by atoms with van der Waals surface area (Å²) in [5.41, 5.74) is -0.0791. The zero-order valence-corrected chi connectivity index (χ0v) is 25.6. The van der Waals surface area contributed by atoms with E-state index in [0.717, 1.165) is 18.1 Å². The molecule has 47 heavy (non-hydrogen) atoms. The normalized spacial score (nSPS) is 28.0. The third kappa shape index (κ3) is 5.07. The summed E-state index contributed by atoms with van der Waals surface area (Å²) in [7, 11) is 1.93. The van der Waals surface area contributed by atoms with Gasteiger partial charge in [-0.15, -0.1) is 0 Å². The van der Waals surface area contributed by atoms with Crippen LogP contribution in [0.2, 0.25) is 0 Å². The molecule has 2 bridgehead atoms. The number of piperidine rings is 1. The van der Waals surface area contributed by atoms with Crippen LogP contribution in [0.15, 0.2) is 54.3 Å². The predicted molar refractivity (Wildman–Crippen MR) is 157 cm³/mol. The van der Waals surface area contributed by atoms with Gasteiger partial charge in [0, 0.05) is 29.2 Å². The van der Waals surface area contributed by atoms with E-state index in [1.807, 2.05) is 13.1 Å². The number of likely N-dealkylation sites (tertiary alicyclic amines) is 1. The molecule has 4 aliphatic rings. The van der Waals surface area contributed by atoms with E-state index in [9.17, 15) is 39.6 Å². The van der Waals surface area contributed by atoms with E-state index >= 15 is 0 Å². The number of esters is 3. The Labute approximate surface area is 268 Å². The van der Waals surface area contributed by atoms with E-state index in [1.165, 1.54) is 30.3 Å². The maximum atomic E-state index is 13.2. The van der Waals surface area contributed by atoms with Crippen molar-refractivity contribution in [3.05, 3.63) is 76.6 Å². The lowest BCUT2D eigenvalue weighted by Crippen LogP contribution is -2.74. The summed E-state index contributed by atoms with van der Waals surface area (Å²) >= 11 is 0. The number of hydrogen-bond acceptors (Lipinski definition) is 13. The lowest BCUT2D eigenvalue weighted by atomic mass is 9.50. The second-order valence-electron chi connectivity index (χ2n) is 12.4. The molecule has 1 spiro atoms. The summed E-state index contributed by atoms with van der Waals surface area (Å²) < 4.78 is 21.9. The van der Waals surface area contributed by atoms with Crippen molar-refractivity contribution in [2.75, 3.05) is 13.6 Å². The molecule has 2 aliphatic carbocycles. The van der Waals surface area contributed by atoms with Gasteiger partial charge in [-0.05, 0) is 45.0 Å². The summed E-state index contributed by atoms with van der Waals surface area (Å²) in [6.45, 7) is 1.36. The van der Waals surface area contributed by atoms with Crippen molar-refractivity contribution in [2.24, 2.45) is 0 Å². The first-order valence-corrected chi connectivity index (χ1v) is 15.2. The number of likely N-dealkylation sites (N-methyl/N-ethyl adjacent to an activating group) is 1. The van der Waals surface area contributed by atoms with E-state index in [-0.39, 0.29) is 30.4 Å². The van der Waals surface area contributed by atoms with Crippen LogP contribution in [-0.2, 0) is 51.8 Å². The summed E-state index contributed by atoms with van der Waals surface area (Å²) in [5, 5.41) is 52.8. The fraction of sp³-hybridized carbons (Fsp3) is 0.455. The molecule has 6 rings (SSSR count). The third-order valence-electron chi connectivity index (χ3n) is 9.82. The first-order valence-electron chi connectivity index (χ1n) is 15.2. The number of aliphatic carboxylic acids is 1. The Morgan fingerprint density at radius 1 is 1.02 bits per heavy atom. The van der Waals surface area contributed by atoms with Gasteiger partial charge in [-0.1, -0.05) is 42.5 Å². The fourth-order valence-electron chi connectivity index (χ4n) is 7.42. The Kier molecular flexibility index (Phi) is 8.34. The van der Waals surface area contributed by atoms with Crippen molar-refractivity contribution in [1.29, 1.82) is 0 Å². The number of aliphatic hydroxyl groups is 4. The van der Waals surface area contributed by atoms with Crippen LogP contribution in [0.25, 0.3) is 0 Å². The molecule has 5 N–H and O–H groups in total. The van der Waals surface area contributed by atoms with Gasteiger partial charge in [0.2, 0.25) is 6.10 Å². The van der Waals surface area contributed by atoms with Crippen molar-refractivity contribution in [3.63, 3.8) is 0 Å². The largest absolute Gasteiger partial charge is 0.481 e. The van der Waals surface area contributed by atoms with Gasteiger partial charge >= 0.3 is 23.9 Å². The Morgan fingerprint density at radius 3 is 2.40 bits per heavy atom. The fourth-order valence-corrected chi connectivity index (χ4v) is 7.42. The molecule has 0 saturated carbocycles. The molecule has 0 amide bonds. The predicted octanol–water partition coefficient (Wildman–Crippen LogP) is 0.0224. The smallest absolute Gasteiger partial charge is 0.353 e. The van der Waals surface area contributed by atoms with Gasteiger partial charge in [0.05, 0.1) is 17.6 Å². The van der Waals surface area contributed by atoms with Gasteiger partial charge in [-0.2, -0.15) is 0 Å². The topological polar surface area (TPSA) is 210 Å². The summed E-state index contributed by atoms with van der Waals surface area (Å²) in [4.78, 5) is 52.2. The van der Waals surface area contributed by atoms with Crippen molar-refractivity contribution >= 4 is 23.9 Å². The zero-order chi connectivity index (χ0) is 33.8. The monoisotopic (exact) mass is 653 g/mol. The molecule has 250 valence electrons. The minimum absolute atomic E-state index is 0.0380. The first kappa shape index (κ1) is 32.6. The van der Waals surface area contributed by atoms with Gasteiger partial charge in [0.25, 0.3) is 0 Å². The first-order chi connectivity index (χ1) is 22.3. The molecular weight excluding hydrogens is 618 g/mol. The Bertz CT molecular complexity index is 1640. The number of carbonyl (C=O) groups is 4. The van der Waals surface area contributed by atoms with E-state index in [0.29, 0.717) is 30.7 Å². The lowest BCUT2D eigenvalue weighted by Gasteiger charge is -2.61. The number of carbonyl (C=O) groups excluding carboxylic acids is 3. The second kappa shape index (κ2) is 12.0. The molecular formula is C33H35NO13. The second-order valence-corrected chi connectivity index (χ2v) is 12.4. The minimum atomic E-state index is -2.52.